The third kappa shape index (κ3) is 3.06. The Morgan fingerprint density at radius 3 is 2.50 bits per heavy atom. The summed E-state index contributed by atoms with van der Waals surface area (Å²) < 4.78 is 26.8. The van der Waals surface area contributed by atoms with Crippen molar-refractivity contribution >= 4 is 27.3 Å². The first-order chi connectivity index (χ1) is 9.42. The van der Waals surface area contributed by atoms with Crippen LogP contribution in [0.3, 0.4) is 0 Å². The Kier molecular flexibility index (Phi) is 4.22. The summed E-state index contributed by atoms with van der Waals surface area (Å²) in [6.45, 7) is 1.66. The van der Waals surface area contributed by atoms with E-state index in [1.54, 1.807) is 42.6 Å². The maximum atomic E-state index is 12.3. The van der Waals surface area contributed by atoms with E-state index in [9.17, 15) is 18.3 Å². The molecule has 0 aliphatic heterocycles. The molecule has 0 amide bonds. The molecule has 20 heavy (non-hydrogen) atoms. The van der Waals surface area contributed by atoms with Gasteiger partial charge in [0.05, 0.1) is 4.90 Å². The average Bonchev–Trinajstić information content (AvgIpc) is 2.89. The van der Waals surface area contributed by atoms with Crippen LogP contribution in [0.5, 0.6) is 0 Å². The monoisotopic (exact) mass is 311 g/mol. The van der Waals surface area contributed by atoms with Crippen LogP contribution >= 0.6 is 11.3 Å². The molecule has 0 fully saturated rings. The first-order valence-electron chi connectivity index (χ1n) is 5.76. The Hall–Kier alpha value is -1.70. The van der Waals surface area contributed by atoms with E-state index in [4.69, 9.17) is 0 Å². The highest BCUT2D eigenvalue weighted by Gasteiger charge is 2.28. The van der Waals surface area contributed by atoms with Crippen LogP contribution < -0.4 is 4.72 Å². The summed E-state index contributed by atoms with van der Waals surface area (Å²) >= 11 is 1.19. The van der Waals surface area contributed by atoms with Crippen molar-refractivity contribution < 1.29 is 18.3 Å². The lowest BCUT2D eigenvalue weighted by Gasteiger charge is -2.14. The number of nitrogens with one attached hydrogen (secondary N) is 1. The van der Waals surface area contributed by atoms with Crippen LogP contribution in [-0.4, -0.2) is 19.5 Å². The number of aliphatic carboxylic acids is 1. The highest BCUT2D eigenvalue weighted by Crippen LogP contribution is 2.23. The van der Waals surface area contributed by atoms with Crippen LogP contribution in [0.4, 0.5) is 0 Å². The molecule has 1 aromatic heterocycles. The first kappa shape index (κ1) is 14.7. The SMILES string of the molecule is Cc1ccccc1S(=O)(=O)NC(C(=O)O)c1cccs1. The molecule has 0 bridgehead atoms. The van der Waals surface area contributed by atoms with Gasteiger partial charge in [0.2, 0.25) is 10.0 Å². The molecule has 2 aromatic rings. The molecule has 0 spiro atoms. The van der Waals surface area contributed by atoms with Gasteiger partial charge in [-0.3, -0.25) is 4.79 Å². The largest absolute Gasteiger partial charge is 0.480 e. The zero-order chi connectivity index (χ0) is 14.8. The normalized spacial score (nSPS) is 13.1. The number of aryl methyl sites for hydroxylation is 1. The molecule has 0 saturated heterocycles. The van der Waals surface area contributed by atoms with E-state index in [-0.39, 0.29) is 4.90 Å². The number of hydrogen-bond donors (Lipinski definition) is 2. The summed E-state index contributed by atoms with van der Waals surface area (Å²) in [5.74, 6) is -1.23. The predicted octanol–water partition coefficient (Wildman–Crippen LogP) is 2.16. The number of hydrogen-bond acceptors (Lipinski definition) is 4. The summed E-state index contributed by atoms with van der Waals surface area (Å²) in [6, 6.07) is 8.42. The Labute approximate surface area is 120 Å². The third-order valence-corrected chi connectivity index (χ3v) is 5.25. The van der Waals surface area contributed by atoms with Gasteiger partial charge in [-0.25, -0.2) is 8.42 Å². The fourth-order valence-corrected chi connectivity index (χ4v) is 4.02. The molecule has 1 aromatic carbocycles. The summed E-state index contributed by atoms with van der Waals surface area (Å²) in [5, 5.41) is 10.9. The van der Waals surface area contributed by atoms with Gasteiger partial charge in [-0.2, -0.15) is 4.72 Å². The molecule has 2 N–H and O–H groups in total. The second-order valence-electron chi connectivity index (χ2n) is 4.17. The summed E-state index contributed by atoms with van der Waals surface area (Å²) in [5.41, 5.74) is 0.565. The number of carboxylic acid groups (broad SMARTS) is 1. The number of carbonyl (C=O) groups is 1. The molecule has 1 atom stereocenters. The molecule has 0 aliphatic carbocycles. The molecule has 1 heterocycles. The lowest BCUT2D eigenvalue weighted by Crippen LogP contribution is -2.33. The quantitative estimate of drug-likeness (QED) is 0.886. The molecule has 2 rings (SSSR count). The van der Waals surface area contributed by atoms with Crippen molar-refractivity contribution in [3.05, 3.63) is 52.2 Å². The predicted molar refractivity (Wildman–Crippen MR) is 76.2 cm³/mol. The number of sulfonamides is 1. The Morgan fingerprint density at radius 2 is 1.95 bits per heavy atom. The molecule has 1 unspecified atom stereocenters. The fraction of sp³-hybridized carbons (Fsp3) is 0.154. The Morgan fingerprint density at radius 1 is 1.25 bits per heavy atom. The van der Waals surface area contributed by atoms with Gasteiger partial charge in [-0.1, -0.05) is 24.3 Å². The molecule has 0 aliphatic rings. The minimum atomic E-state index is -3.89. The van der Waals surface area contributed by atoms with Gasteiger partial charge in [-0.15, -0.1) is 11.3 Å². The highest BCUT2D eigenvalue weighted by molar-refractivity contribution is 7.89. The van der Waals surface area contributed by atoms with E-state index in [1.807, 2.05) is 0 Å². The number of thiophene rings is 1. The summed E-state index contributed by atoms with van der Waals surface area (Å²) in [7, 11) is -3.89. The van der Waals surface area contributed by atoms with E-state index in [1.165, 1.54) is 17.4 Å². The van der Waals surface area contributed by atoms with Crippen molar-refractivity contribution in [2.75, 3.05) is 0 Å². The molecule has 5 nitrogen and oxygen atoms in total. The second-order valence-corrected chi connectivity index (χ2v) is 6.84. The van der Waals surface area contributed by atoms with Crippen LogP contribution in [0.1, 0.15) is 16.5 Å². The lowest BCUT2D eigenvalue weighted by atomic mass is 10.2. The molecule has 7 heteroatoms. The van der Waals surface area contributed by atoms with Gasteiger partial charge in [0.15, 0.2) is 6.04 Å². The van der Waals surface area contributed by atoms with Crippen molar-refractivity contribution in [3.63, 3.8) is 0 Å². The first-order valence-corrected chi connectivity index (χ1v) is 8.12. The maximum Gasteiger partial charge on any atom is 0.327 e. The van der Waals surface area contributed by atoms with E-state index in [0.29, 0.717) is 10.4 Å². The Bertz CT molecular complexity index is 708. The van der Waals surface area contributed by atoms with Crippen LogP contribution in [0, 0.1) is 6.92 Å². The van der Waals surface area contributed by atoms with Crippen LogP contribution in [0.15, 0.2) is 46.7 Å². The van der Waals surface area contributed by atoms with Crippen LogP contribution in [-0.2, 0) is 14.8 Å². The van der Waals surface area contributed by atoms with Gasteiger partial charge < -0.3 is 5.11 Å². The van der Waals surface area contributed by atoms with Gasteiger partial charge >= 0.3 is 5.97 Å². The van der Waals surface area contributed by atoms with Crippen molar-refractivity contribution in [3.8, 4) is 0 Å². The smallest absolute Gasteiger partial charge is 0.327 e. The topological polar surface area (TPSA) is 83.5 Å². The minimum absolute atomic E-state index is 0.0859. The number of carboxylic acids is 1. The zero-order valence-electron chi connectivity index (χ0n) is 10.6. The van der Waals surface area contributed by atoms with Gasteiger partial charge in [0, 0.05) is 4.88 Å². The van der Waals surface area contributed by atoms with Crippen LogP contribution in [0.25, 0.3) is 0 Å². The van der Waals surface area contributed by atoms with Crippen molar-refractivity contribution in [1.82, 2.24) is 4.72 Å². The van der Waals surface area contributed by atoms with Gasteiger partial charge in [-0.05, 0) is 30.0 Å². The van der Waals surface area contributed by atoms with E-state index in [2.05, 4.69) is 4.72 Å². The highest BCUT2D eigenvalue weighted by atomic mass is 32.2. The second kappa shape index (κ2) is 5.74. The van der Waals surface area contributed by atoms with Gasteiger partial charge in [0.1, 0.15) is 0 Å². The zero-order valence-corrected chi connectivity index (χ0v) is 12.2. The number of benzene rings is 1. The molecule has 0 radical (unpaired) electrons. The van der Waals surface area contributed by atoms with Gasteiger partial charge in [0.25, 0.3) is 0 Å². The average molecular weight is 311 g/mol. The van der Waals surface area contributed by atoms with Crippen molar-refractivity contribution in [2.45, 2.75) is 17.9 Å². The van der Waals surface area contributed by atoms with Crippen molar-refractivity contribution in [2.24, 2.45) is 0 Å². The van der Waals surface area contributed by atoms with Crippen molar-refractivity contribution in [1.29, 1.82) is 0 Å². The van der Waals surface area contributed by atoms with E-state index in [0.717, 1.165) is 0 Å². The fourth-order valence-electron chi connectivity index (χ4n) is 1.76. The van der Waals surface area contributed by atoms with Crippen LogP contribution in [0.2, 0.25) is 0 Å². The van der Waals surface area contributed by atoms with E-state index < -0.39 is 22.0 Å². The minimum Gasteiger partial charge on any atom is -0.480 e. The maximum absolute atomic E-state index is 12.3. The third-order valence-electron chi connectivity index (χ3n) is 2.73. The number of rotatable bonds is 5. The lowest BCUT2D eigenvalue weighted by molar-refractivity contribution is -0.139. The summed E-state index contributed by atoms with van der Waals surface area (Å²) in [4.78, 5) is 11.8. The standard InChI is InChI=1S/C13H13NO4S2/c1-9-5-2-3-7-11(9)20(17,18)14-12(13(15)16)10-6-4-8-19-10/h2-8,12,14H,1H3,(H,15,16). The Balaban J connectivity index is 2.36. The van der Waals surface area contributed by atoms with E-state index >= 15 is 0 Å². The molecule has 106 valence electrons. The molecule has 0 saturated carbocycles. The summed E-state index contributed by atoms with van der Waals surface area (Å²) in [6.07, 6.45) is 0. The molecular formula is C13H13NO4S2. The molecular weight excluding hydrogens is 298 g/mol.